The topological polar surface area (TPSA) is 59.2 Å². The number of para-hydroxylation sites is 1. The molecule has 0 aliphatic rings. The van der Waals surface area contributed by atoms with Crippen molar-refractivity contribution in [3.05, 3.63) is 58.4 Å². The molecule has 0 aliphatic carbocycles. The summed E-state index contributed by atoms with van der Waals surface area (Å²) < 4.78 is 5.13. The van der Waals surface area contributed by atoms with Gasteiger partial charge in [0.25, 0.3) is 5.91 Å². The molecule has 3 rings (SSSR count). The van der Waals surface area contributed by atoms with Crippen molar-refractivity contribution in [2.45, 2.75) is 20.8 Å². The second-order valence-corrected chi connectivity index (χ2v) is 5.78. The summed E-state index contributed by atoms with van der Waals surface area (Å²) in [4.78, 5) is 19.1. The Morgan fingerprint density at radius 2 is 1.91 bits per heavy atom. The summed E-state index contributed by atoms with van der Waals surface area (Å²) in [5.41, 5.74) is 2.71. The fourth-order valence-electron chi connectivity index (χ4n) is 2.24. The molecule has 1 amide bonds. The van der Waals surface area contributed by atoms with Gasteiger partial charge in [0.1, 0.15) is 11.3 Å². The fraction of sp³-hybridized carbons (Fsp3) is 0.188. The van der Waals surface area contributed by atoms with Gasteiger partial charge in [0.05, 0.1) is 17.1 Å². The Morgan fingerprint density at radius 1 is 1.18 bits per heavy atom. The molecular formula is C16H15N3O2S. The highest BCUT2D eigenvalue weighted by atomic mass is 32.1. The van der Waals surface area contributed by atoms with E-state index in [0.29, 0.717) is 22.1 Å². The first-order valence-corrected chi connectivity index (χ1v) is 7.70. The Labute approximate surface area is 132 Å². The van der Waals surface area contributed by atoms with Gasteiger partial charge >= 0.3 is 0 Å². The summed E-state index contributed by atoms with van der Waals surface area (Å²) in [5, 5.41) is 6.43. The van der Waals surface area contributed by atoms with Gasteiger partial charge in [-0.15, -0.1) is 11.3 Å². The summed E-state index contributed by atoms with van der Waals surface area (Å²) in [5.74, 6) is 0.327. The van der Waals surface area contributed by atoms with Crippen LogP contribution in [0.5, 0.6) is 0 Å². The van der Waals surface area contributed by atoms with E-state index in [9.17, 15) is 4.79 Å². The molecule has 0 unspecified atom stereocenters. The maximum Gasteiger partial charge on any atom is 0.270 e. The number of carbonyl (C=O) groups is 1. The van der Waals surface area contributed by atoms with Gasteiger partial charge in [0.15, 0.2) is 5.13 Å². The summed E-state index contributed by atoms with van der Waals surface area (Å²) in [6.45, 7) is 5.41. The van der Waals surface area contributed by atoms with Gasteiger partial charge in [0, 0.05) is 5.38 Å². The lowest BCUT2D eigenvalue weighted by atomic mass is 10.1. The van der Waals surface area contributed by atoms with Gasteiger partial charge in [-0.05, 0) is 32.9 Å². The molecule has 0 radical (unpaired) electrons. The number of benzene rings is 1. The van der Waals surface area contributed by atoms with Gasteiger partial charge < -0.3 is 4.52 Å². The van der Waals surface area contributed by atoms with Crippen LogP contribution in [0.2, 0.25) is 0 Å². The van der Waals surface area contributed by atoms with Gasteiger partial charge in [0.2, 0.25) is 0 Å². The van der Waals surface area contributed by atoms with Crippen molar-refractivity contribution in [2.24, 2.45) is 0 Å². The average molecular weight is 313 g/mol. The number of rotatable bonds is 3. The zero-order valence-electron chi connectivity index (χ0n) is 12.5. The lowest BCUT2D eigenvalue weighted by Gasteiger charge is -2.19. The number of anilines is 2. The van der Waals surface area contributed by atoms with Crippen LogP contribution in [0.1, 0.15) is 27.5 Å². The SMILES string of the molecule is Cc1csc(N(C(=O)c2c(C)noc2C)c2ccccc2)n1. The summed E-state index contributed by atoms with van der Waals surface area (Å²) in [6, 6.07) is 9.46. The summed E-state index contributed by atoms with van der Waals surface area (Å²) >= 11 is 1.43. The lowest BCUT2D eigenvalue weighted by molar-refractivity contribution is 0.0997. The van der Waals surface area contributed by atoms with Crippen LogP contribution in [0.15, 0.2) is 40.2 Å². The van der Waals surface area contributed by atoms with Crippen LogP contribution in [0, 0.1) is 20.8 Å². The first kappa shape index (κ1) is 14.5. The Morgan fingerprint density at radius 3 is 2.45 bits per heavy atom. The molecule has 6 heteroatoms. The third-order valence-electron chi connectivity index (χ3n) is 3.26. The minimum Gasteiger partial charge on any atom is -0.361 e. The molecule has 22 heavy (non-hydrogen) atoms. The minimum atomic E-state index is -0.184. The second kappa shape index (κ2) is 5.73. The standard InChI is InChI=1S/C16H15N3O2S/c1-10-9-22-16(17-10)19(13-7-5-4-6-8-13)15(20)14-11(2)18-21-12(14)3/h4-9H,1-3H3. The smallest absolute Gasteiger partial charge is 0.270 e. The molecule has 0 N–H and O–H groups in total. The first-order chi connectivity index (χ1) is 10.6. The van der Waals surface area contributed by atoms with Crippen molar-refractivity contribution in [3.8, 4) is 0 Å². The molecule has 0 fully saturated rings. The van der Waals surface area contributed by atoms with Gasteiger partial charge in [-0.2, -0.15) is 0 Å². The number of aromatic nitrogens is 2. The number of carbonyl (C=O) groups excluding carboxylic acids is 1. The van der Waals surface area contributed by atoms with E-state index >= 15 is 0 Å². The number of amides is 1. The molecule has 0 spiro atoms. The van der Waals surface area contributed by atoms with Crippen molar-refractivity contribution < 1.29 is 9.32 Å². The van der Waals surface area contributed by atoms with E-state index in [0.717, 1.165) is 11.4 Å². The van der Waals surface area contributed by atoms with E-state index in [4.69, 9.17) is 4.52 Å². The van der Waals surface area contributed by atoms with Crippen LogP contribution in [-0.2, 0) is 0 Å². The second-order valence-electron chi connectivity index (χ2n) is 4.95. The Balaban J connectivity index is 2.12. The third-order valence-corrected chi connectivity index (χ3v) is 4.21. The van der Waals surface area contributed by atoms with Crippen molar-refractivity contribution in [1.29, 1.82) is 0 Å². The number of nitrogens with zero attached hydrogens (tertiary/aromatic N) is 3. The third kappa shape index (κ3) is 2.53. The molecule has 0 saturated carbocycles. The highest BCUT2D eigenvalue weighted by molar-refractivity contribution is 7.14. The summed E-state index contributed by atoms with van der Waals surface area (Å²) in [6.07, 6.45) is 0. The maximum atomic E-state index is 13.1. The first-order valence-electron chi connectivity index (χ1n) is 6.82. The van der Waals surface area contributed by atoms with Crippen LogP contribution in [0.4, 0.5) is 10.8 Å². The minimum absolute atomic E-state index is 0.184. The molecule has 1 aromatic carbocycles. The highest BCUT2D eigenvalue weighted by Gasteiger charge is 2.27. The van der Waals surface area contributed by atoms with E-state index in [1.807, 2.05) is 42.6 Å². The van der Waals surface area contributed by atoms with Crippen LogP contribution in [-0.4, -0.2) is 16.0 Å². The normalized spacial score (nSPS) is 10.7. The van der Waals surface area contributed by atoms with Gasteiger partial charge in [-0.1, -0.05) is 23.4 Å². The molecule has 0 atom stereocenters. The van der Waals surface area contributed by atoms with Crippen molar-refractivity contribution in [2.75, 3.05) is 4.90 Å². The molecule has 0 saturated heterocycles. The van der Waals surface area contributed by atoms with Gasteiger partial charge in [-0.3, -0.25) is 9.69 Å². The zero-order chi connectivity index (χ0) is 15.7. The quantitative estimate of drug-likeness (QED) is 0.732. The van der Waals surface area contributed by atoms with E-state index < -0.39 is 0 Å². The van der Waals surface area contributed by atoms with E-state index in [1.165, 1.54) is 11.3 Å². The number of hydrogen-bond donors (Lipinski definition) is 0. The molecule has 0 bridgehead atoms. The number of aryl methyl sites for hydroxylation is 3. The molecule has 112 valence electrons. The van der Waals surface area contributed by atoms with E-state index in [-0.39, 0.29) is 5.91 Å². The predicted molar refractivity (Wildman–Crippen MR) is 85.7 cm³/mol. The van der Waals surface area contributed by atoms with Crippen LogP contribution >= 0.6 is 11.3 Å². The van der Waals surface area contributed by atoms with Crippen molar-refractivity contribution in [1.82, 2.24) is 10.1 Å². The molecule has 2 aromatic heterocycles. The lowest BCUT2D eigenvalue weighted by Crippen LogP contribution is -2.26. The molecule has 5 nitrogen and oxygen atoms in total. The summed E-state index contributed by atoms with van der Waals surface area (Å²) in [7, 11) is 0. The largest absolute Gasteiger partial charge is 0.361 e. The Kier molecular flexibility index (Phi) is 3.77. The van der Waals surface area contributed by atoms with Crippen LogP contribution < -0.4 is 4.90 Å². The van der Waals surface area contributed by atoms with Crippen molar-refractivity contribution in [3.63, 3.8) is 0 Å². The van der Waals surface area contributed by atoms with E-state index in [1.54, 1.807) is 18.7 Å². The Hall–Kier alpha value is -2.47. The maximum absolute atomic E-state index is 13.1. The Bertz CT molecular complexity index is 788. The number of hydrogen-bond acceptors (Lipinski definition) is 5. The molecule has 2 heterocycles. The molecule has 0 aliphatic heterocycles. The average Bonchev–Trinajstić information content (AvgIpc) is 3.06. The zero-order valence-corrected chi connectivity index (χ0v) is 13.3. The molecular weight excluding hydrogens is 298 g/mol. The fourth-order valence-corrected chi connectivity index (χ4v) is 3.06. The van der Waals surface area contributed by atoms with Gasteiger partial charge in [-0.25, -0.2) is 4.98 Å². The van der Waals surface area contributed by atoms with Crippen LogP contribution in [0.3, 0.4) is 0 Å². The van der Waals surface area contributed by atoms with Crippen molar-refractivity contribution >= 4 is 28.1 Å². The monoisotopic (exact) mass is 313 g/mol. The van der Waals surface area contributed by atoms with E-state index in [2.05, 4.69) is 10.1 Å². The number of thiazole rings is 1. The highest BCUT2D eigenvalue weighted by Crippen LogP contribution is 2.31. The molecule has 3 aromatic rings. The predicted octanol–water partition coefficient (Wildman–Crippen LogP) is 4.03. The van der Waals surface area contributed by atoms with Crippen LogP contribution in [0.25, 0.3) is 0 Å².